The van der Waals surface area contributed by atoms with Crippen molar-refractivity contribution in [2.75, 3.05) is 0 Å². The van der Waals surface area contributed by atoms with Crippen molar-refractivity contribution in [1.82, 2.24) is 14.4 Å². The van der Waals surface area contributed by atoms with Gasteiger partial charge in [-0.1, -0.05) is 0 Å². The molecule has 14 heavy (non-hydrogen) atoms. The molecule has 0 atom stereocenters. The van der Waals surface area contributed by atoms with E-state index < -0.39 is 5.97 Å². The highest BCUT2D eigenvalue weighted by Crippen LogP contribution is 1.97. The van der Waals surface area contributed by atoms with Crippen LogP contribution in [-0.4, -0.2) is 25.4 Å². The monoisotopic (exact) mass is 191 g/mol. The largest absolute Gasteiger partial charge is 0.478 e. The summed E-state index contributed by atoms with van der Waals surface area (Å²) in [7, 11) is 0. The molecule has 0 saturated heterocycles. The van der Waals surface area contributed by atoms with E-state index in [0.29, 0.717) is 0 Å². The van der Waals surface area contributed by atoms with Crippen molar-refractivity contribution >= 4 is 11.7 Å². The average molecular weight is 191 g/mol. The fraction of sp³-hybridized carbons (Fsp3) is 0. The number of aromatic nitrogens is 3. The average Bonchev–Trinajstić information content (AvgIpc) is 2.18. The molecule has 2 rings (SSSR count). The summed E-state index contributed by atoms with van der Waals surface area (Å²) < 4.78 is 1.09. The maximum atomic E-state index is 11.2. The third-order valence-corrected chi connectivity index (χ3v) is 1.69. The molecule has 0 aliphatic rings. The van der Waals surface area contributed by atoms with Gasteiger partial charge in [-0.25, -0.2) is 14.8 Å². The number of carbonyl (C=O) groups is 1. The Morgan fingerprint density at radius 2 is 2.21 bits per heavy atom. The van der Waals surface area contributed by atoms with Gasteiger partial charge < -0.3 is 5.11 Å². The van der Waals surface area contributed by atoms with Gasteiger partial charge in [0.1, 0.15) is 0 Å². The molecular formula is C8H5N3O3. The van der Waals surface area contributed by atoms with E-state index in [0.717, 1.165) is 10.6 Å². The molecule has 0 unspecified atom stereocenters. The number of nitrogens with zero attached hydrogens (tertiary/aromatic N) is 3. The minimum absolute atomic E-state index is 0.0485. The standard InChI is InChI=1S/C8H5N3O3/c12-6-1-2-9-8-10-3-5(7(13)14)4-11(6)8/h1-4H,(H,13,14). The van der Waals surface area contributed by atoms with Crippen LogP contribution in [0.5, 0.6) is 0 Å². The minimum Gasteiger partial charge on any atom is -0.478 e. The van der Waals surface area contributed by atoms with Crippen LogP contribution >= 0.6 is 0 Å². The van der Waals surface area contributed by atoms with Gasteiger partial charge in [-0.05, 0) is 0 Å². The molecule has 0 aromatic carbocycles. The van der Waals surface area contributed by atoms with E-state index in [4.69, 9.17) is 5.11 Å². The summed E-state index contributed by atoms with van der Waals surface area (Å²) in [6.45, 7) is 0. The lowest BCUT2D eigenvalue weighted by Gasteiger charge is -1.98. The van der Waals surface area contributed by atoms with Crippen molar-refractivity contribution in [3.63, 3.8) is 0 Å². The smallest absolute Gasteiger partial charge is 0.338 e. The lowest BCUT2D eigenvalue weighted by Crippen LogP contribution is -2.15. The van der Waals surface area contributed by atoms with E-state index in [2.05, 4.69) is 9.97 Å². The van der Waals surface area contributed by atoms with Crippen LogP contribution in [0, 0.1) is 0 Å². The van der Waals surface area contributed by atoms with Gasteiger partial charge in [-0.2, -0.15) is 0 Å². The zero-order chi connectivity index (χ0) is 10.1. The zero-order valence-corrected chi connectivity index (χ0v) is 6.91. The summed E-state index contributed by atoms with van der Waals surface area (Å²) in [6, 6.07) is 1.24. The van der Waals surface area contributed by atoms with Gasteiger partial charge in [-0.3, -0.25) is 9.20 Å². The van der Waals surface area contributed by atoms with Gasteiger partial charge in [0.05, 0.1) is 5.56 Å². The molecule has 0 radical (unpaired) electrons. The van der Waals surface area contributed by atoms with Gasteiger partial charge in [0, 0.05) is 24.7 Å². The van der Waals surface area contributed by atoms with E-state index >= 15 is 0 Å². The Morgan fingerprint density at radius 3 is 2.93 bits per heavy atom. The van der Waals surface area contributed by atoms with Crippen molar-refractivity contribution in [1.29, 1.82) is 0 Å². The molecule has 2 aromatic heterocycles. The topological polar surface area (TPSA) is 84.6 Å². The number of rotatable bonds is 1. The second-order valence-corrected chi connectivity index (χ2v) is 2.60. The van der Waals surface area contributed by atoms with Crippen LogP contribution in [0.25, 0.3) is 5.78 Å². The Balaban J connectivity index is 2.83. The fourth-order valence-electron chi connectivity index (χ4n) is 1.04. The predicted octanol–water partition coefficient (Wildman–Crippen LogP) is -0.212. The molecule has 2 aromatic rings. The predicted molar refractivity (Wildman–Crippen MR) is 46.2 cm³/mol. The number of hydrogen-bond acceptors (Lipinski definition) is 4. The fourth-order valence-corrected chi connectivity index (χ4v) is 1.04. The van der Waals surface area contributed by atoms with Crippen LogP contribution in [0.2, 0.25) is 0 Å². The first-order valence-electron chi connectivity index (χ1n) is 3.75. The van der Waals surface area contributed by atoms with E-state index in [-0.39, 0.29) is 16.9 Å². The molecule has 0 aliphatic carbocycles. The quantitative estimate of drug-likeness (QED) is 0.674. The molecule has 0 bridgehead atoms. The van der Waals surface area contributed by atoms with E-state index in [1.165, 1.54) is 18.5 Å². The van der Waals surface area contributed by atoms with Gasteiger partial charge in [0.2, 0.25) is 5.78 Å². The first kappa shape index (κ1) is 8.36. The van der Waals surface area contributed by atoms with Crippen LogP contribution in [0.3, 0.4) is 0 Å². The normalized spacial score (nSPS) is 10.3. The number of hydrogen-bond donors (Lipinski definition) is 1. The molecule has 6 nitrogen and oxygen atoms in total. The first-order valence-corrected chi connectivity index (χ1v) is 3.75. The minimum atomic E-state index is -1.13. The number of aromatic carboxylic acids is 1. The highest BCUT2D eigenvalue weighted by Gasteiger charge is 2.05. The van der Waals surface area contributed by atoms with Crippen LogP contribution < -0.4 is 5.56 Å². The van der Waals surface area contributed by atoms with E-state index in [1.54, 1.807) is 0 Å². The van der Waals surface area contributed by atoms with Gasteiger partial charge in [0.15, 0.2) is 0 Å². The van der Waals surface area contributed by atoms with Gasteiger partial charge in [0.25, 0.3) is 5.56 Å². The molecular weight excluding hydrogens is 186 g/mol. The summed E-state index contributed by atoms with van der Waals surface area (Å²) in [4.78, 5) is 29.4. The highest BCUT2D eigenvalue weighted by atomic mass is 16.4. The zero-order valence-electron chi connectivity index (χ0n) is 6.91. The summed E-state index contributed by atoms with van der Waals surface area (Å²) in [5.41, 5.74) is -0.404. The van der Waals surface area contributed by atoms with Crippen LogP contribution in [0.4, 0.5) is 0 Å². The molecule has 0 saturated carbocycles. The Morgan fingerprint density at radius 1 is 1.43 bits per heavy atom. The first-order chi connectivity index (χ1) is 6.68. The second kappa shape index (κ2) is 2.91. The second-order valence-electron chi connectivity index (χ2n) is 2.60. The maximum Gasteiger partial charge on any atom is 0.338 e. The number of carboxylic acid groups (broad SMARTS) is 1. The summed E-state index contributed by atoms with van der Waals surface area (Å²) in [5, 5.41) is 8.66. The molecule has 2 heterocycles. The third-order valence-electron chi connectivity index (χ3n) is 1.69. The van der Waals surface area contributed by atoms with E-state index in [1.807, 2.05) is 0 Å². The molecule has 70 valence electrons. The molecule has 0 amide bonds. The Bertz CT molecular complexity index is 561. The SMILES string of the molecule is O=C(O)c1cnc2nccc(=O)n2c1. The van der Waals surface area contributed by atoms with Crippen molar-refractivity contribution in [3.8, 4) is 0 Å². The molecule has 0 spiro atoms. The van der Waals surface area contributed by atoms with Gasteiger partial charge in [-0.15, -0.1) is 0 Å². The Hall–Kier alpha value is -2.24. The van der Waals surface area contributed by atoms with Gasteiger partial charge >= 0.3 is 5.97 Å². The Labute approximate surface area is 77.5 Å². The van der Waals surface area contributed by atoms with Crippen molar-refractivity contribution in [2.45, 2.75) is 0 Å². The molecule has 1 N–H and O–H groups in total. The summed E-state index contributed by atoms with van der Waals surface area (Å²) in [6.07, 6.45) is 3.68. The molecule has 0 fully saturated rings. The van der Waals surface area contributed by atoms with Crippen LogP contribution in [-0.2, 0) is 0 Å². The van der Waals surface area contributed by atoms with Crippen LogP contribution in [0.1, 0.15) is 10.4 Å². The van der Waals surface area contributed by atoms with Crippen LogP contribution in [0.15, 0.2) is 29.5 Å². The maximum absolute atomic E-state index is 11.2. The van der Waals surface area contributed by atoms with Crippen molar-refractivity contribution < 1.29 is 9.90 Å². The van der Waals surface area contributed by atoms with Crippen molar-refractivity contribution in [3.05, 3.63) is 40.6 Å². The molecule has 0 aliphatic heterocycles. The number of carboxylic acids is 1. The number of fused-ring (bicyclic) bond motifs is 1. The Kier molecular flexibility index (Phi) is 1.74. The third kappa shape index (κ3) is 1.22. The van der Waals surface area contributed by atoms with Crippen molar-refractivity contribution in [2.24, 2.45) is 0 Å². The lowest BCUT2D eigenvalue weighted by atomic mass is 10.3. The lowest BCUT2D eigenvalue weighted by molar-refractivity contribution is 0.0696. The summed E-state index contributed by atoms with van der Waals surface area (Å²) >= 11 is 0. The summed E-state index contributed by atoms with van der Waals surface area (Å²) in [5.74, 6) is -0.947. The highest BCUT2D eigenvalue weighted by molar-refractivity contribution is 5.86. The van der Waals surface area contributed by atoms with E-state index in [9.17, 15) is 9.59 Å². The molecule has 6 heteroatoms.